The first-order valence-electron chi connectivity index (χ1n) is 10.0. The predicted molar refractivity (Wildman–Crippen MR) is 106 cm³/mol. The van der Waals surface area contributed by atoms with Crippen LogP contribution in [0.2, 0.25) is 0 Å². The number of hydrogen-bond donors (Lipinski definition) is 2. The molecule has 150 valence electrons. The molecule has 1 unspecified atom stereocenters. The first-order chi connectivity index (χ1) is 12.9. The first-order valence-corrected chi connectivity index (χ1v) is 11.5. The van der Waals surface area contributed by atoms with Crippen molar-refractivity contribution in [1.82, 2.24) is 9.62 Å². The lowest BCUT2D eigenvalue weighted by Crippen LogP contribution is -2.45. The van der Waals surface area contributed by atoms with Gasteiger partial charge in [-0.15, -0.1) is 0 Å². The van der Waals surface area contributed by atoms with Crippen molar-refractivity contribution in [2.45, 2.75) is 62.8 Å². The molecule has 1 fully saturated rings. The zero-order valence-corrected chi connectivity index (χ0v) is 16.9. The van der Waals surface area contributed by atoms with Crippen LogP contribution in [0.5, 0.6) is 0 Å². The molecule has 1 atom stereocenters. The molecule has 27 heavy (non-hydrogen) atoms. The van der Waals surface area contributed by atoms with Crippen molar-refractivity contribution in [3.05, 3.63) is 29.3 Å². The van der Waals surface area contributed by atoms with Gasteiger partial charge in [0.15, 0.2) is 0 Å². The van der Waals surface area contributed by atoms with E-state index in [1.807, 2.05) is 11.0 Å². The maximum Gasteiger partial charge on any atom is 0.240 e. The fourth-order valence-corrected chi connectivity index (χ4v) is 5.69. The van der Waals surface area contributed by atoms with Gasteiger partial charge in [-0.25, -0.2) is 13.1 Å². The average Bonchev–Trinajstić information content (AvgIpc) is 2.89. The number of nitrogens with zero attached hydrogens (tertiary/aromatic N) is 1. The summed E-state index contributed by atoms with van der Waals surface area (Å²) in [5.74, 6) is 0.388. The highest BCUT2D eigenvalue weighted by atomic mass is 32.2. The van der Waals surface area contributed by atoms with E-state index in [-0.39, 0.29) is 11.9 Å². The quantitative estimate of drug-likeness (QED) is 0.798. The maximum absolute atomic E-state index is 13.0. The van der Waals surface area contributed by atoms with Crippen LogP contribution in [0.4, 0.5) is 0 Å². The molecule has 7 heteroatoms. The monoisotopic (exact) mass is 393 g/mol. The Morgan fingerprint density at radius 2 is 1.85 bits per heavy atom. The van der Waals surface area contributed by atoms with E-state index in [1.165, 1.54) is 6.42 Å². The molecule has 1 aromatic rings. The third-order valence-corrected chi connectivity index (χ3v) is 7.50. The van der Waals surface area contributed by atoms with Crippen molar-refractivity contribution in [3.8, 4) is 0 Å². The average molecular weight is 394 g/mol. The molecule has 1 aliphatic carbocycles. The Balaban J connectivity index is 1.76. The van der Waals surface area contributed by atoms with Crippen LogP contribution in [-0.4, -0.2) is 44.9 Å². The molecule has 1 heterocycles. The van der Waals surface area contributed by atoms with Gasteiger partial charge in [-0.1, -0.05) is 25.3 Å². The highest BCUT2D eigenvalue weighted by Crippen LogP contribution is 2.27. The summed E-state index contributed by atoms with van der Waals surface area (Å²) in [6.07, 6.45) is 7.04. The second kappa shape index (κ2) is 8.71. The third kappa shape index (κ3) is 4.89. The van der Waals surface area contributed by atoms with Gasteiger partial charge in [0.2, 0.25) is 15.9 Å². The second-order valence-electron chi connectivity index (χ2n) is 7.80. The molecule has 0 bridgehead atoms. The van der Waals surface area contributed by atoms with E-state index in [0.717, 1.165) is 43.2 Å². The maximum atomic E-state index is 13.0. The van der Waals surface area contributed by atoms with Gasteiger partial charge in [0.25, 0.3) is 0 Å². The molecule has 1 saturated carbocycles. The van der Waals surface area contributed by atoms with Crippen LogP contribution in [-0.2, 0) is 27.7 Å². The number of nitrogens with two attached hydrogens (primary N) is 1. The van der Waals surface area contributed by atoms with E-state index in [0.29, 0.717) is 36.9 Å². The van der Waals surface area contributed by atoms with Gasteiger partial charge >= 0.3 is 0 Å². The number of nitrogens with one attached hydrogen (secondary N) is 1. The van der Waals surface area contributed by atoms with Gasteiger partial charge in [-0.2, -0.15) is 0 Å². The van der Waals surface area contributed by atoms with Crippen LogP contribution < -0.4 is 10.5 Å². The lowest BCUT2D eigenvalue weighted by molar-refractivity contribution is -0.128. The van der Waals surface area contributed by atoms with E-state index in [9.17, 15) is 13.2 Å². The lowest BCUT2D eigenvalue weighted by atomic mass is 9.84. The van der Waals surface area contributed by atoms with E-state index in [4.69, 9.17) is 5.73 Å². The number of fused-ring (bicyclic) bond motifs is 1. The van der Waals surface area contributed by atoms with Crippen LogP contribution >= 0.6 is 0 Å². The number of rotatable bonds is 5. The lowest BCUT2D eigenvalue weighted by Gasteiger charge is -2.30. The molecular weight excluding hydrogens is 362 g/mol. The summed E-state index contributed by atoms with van der Waals surface area (Å²) in [6, 6.07) is 5.14. The Labute approximate surface area is 162 Å². The molecule has 1 aliphatic heterocycles. The molecule has 2 aliphatic rings. The highest BCUT2D eigenvalue weighted by Gasteiger charge is 2.28. The van der Waals surface area contributed by atoms with Gasteiger partial charge < -0.3 is 10.6 Å². The van der Waals surface area contributed by atoms with Crippen molar-refractivity contribution < 1.29 is 13.2 Å². The largest absolute Gasteiger partial charge is 0.342 e. The second-order valence-corrected chi connectivity index (χ2v) is 9.51. The minimum absolute atomic E-state index is 0.0654. The van der Waals surface area contributed by atoms with Gasteiger partial charge in [0.05, 0.1) is 4.90 Å². The molecule has 3 N–H and O–H groups in total. The summed E-state index contributed by atoms with van der Waals surface area (Å²) in [7, 11) is -3.61. The molecule has 0 radical (unpaired) electrons. The van der Waals surface area contributed by atoms with Crippen molar-refractivity contribution >= 4 is 15.9 Å². The van der Waals surface area contributed by atoms with E-state index in [2.05, 4.69) is 4.72 Å². The highest BCUT2D eigenvalue weighted by molar-refractivity contribution is 7.89. The predicted octanol–water partition coefficient (Wildman–Crippen LogP) is 1.82. The number of benzene rings is 1. The van der Waals surface area contributed by atoms with Crippen molar-refractivity contribution in [3.63, 3.8) is 0 Å². The smallest absolute Gasteiger partial charge is 0.240 e. The molecule has 6 nitrogen and oxygen atoms in total. The summed E-state index contributed by atoms with van der Waals surface area (Å²) >= 11 is 0. The SMILES string of the molecule is CC(=O)N1CCc2ccc(S(=O)(=O)NC(CN)C3CCCCC3)cc2CC1. The fourth-order valence-electron chi connectivity index (χ4n) is 4.32. The van der Waals surface area contributed by atoms with Crippen molar-refractivity contribution in [2.75, 3.05) is 19.6 Å². The summed E-state index contributed by atoms with van der Waals surface area (Å²) in [5, 5.41) is 0. The van der Waals surface area contributed by atoms with Crippen LogP contribution in [0, 0.1) is 5.92 Å². The standard InChI is InChI=1S/C20H31N3O3S/c1-15(24)23-11-9-16-7-8-19(13-18(16)10-12-23)27(25,26)22-20(14-21)17-5-3-2-4-6-17/h7-8,13,17,20,22H,2-6,9-12,14,21H2,1H3. The van der Waals surface area contributed by atoms with E-state index in [1.54, 1.807) is 19.1 Å². The molecule has 0 saturated heterocycles. The van der Waals surface area contributed by atoms with Crippen LogP contribution in [0.15, 0.2) is 23.1 Å². The third-order valence-electron chi connectivity index (χ3n) is 6.01. The topological polar surface area (TPSA) is 92.5 Å². The number of hydrogen-bond acceptors (Lipinski definition) is 4. The Morgan fingerprint density at radius 1 is 1.19 bits per heavy atom. The molecule has 1 aromatic carbocycles. The molecular formula is C20H31N3O3S. The number of carbonyl (C=O) groups is 1. The zero-order valence-electron chi connectivity index (χ0n) is 16.1. The minimum atomic E-state index is -3.61. The molecule has 0 aromatic heterocycles. The summed E-state index contributed by atoms with van der Waals surface area (Å²) in [4.78, 5) is 13.8. The normalized spacial score (nSPS) is 20.0. The Kier molecular flexibility index (Phi) is 6.55. The fraction of sp³-hybridized carbons (Fsp3) is 0.650. The molecule has 1 amide bonds. The molecule has 0 spiro atoms. The Bertz CT molecular complexity index is 773. The van der Waals surface area contributed by atoms with Gasteiger partial charge in [-0.05, 0) is 54.9 Å². The van der Waals surface area contributed by atoms with Gasteiger partial charge in [-0.3, -0.25) is 4.79 Å². The van der Waals surface area contributed by atoms with Crippen molar-refractivity contribution in [1.29, 1.82) is 0 Å². The van der Waals surface area contributed by atoms with Crippen LogP contribution in [0.3, 0.4) is 0 Å². The van der Waals surface area contributed by atoms with Crippen LogP contribution in [0.1, 0.15) is 50.2 Å². The van der Waals surface area contributed by atoms with Crippen LogP contribution in [0.25, 0.3) is 0 Å². The van der Waals surface area contributed by atoms with Gasteiger partial charge in [0.1, 0.15) is 0 Å². The zero-order chi connectivity index (χ0) is 19.4. The molecule has 3 rings (SSSR count). The number of sulfonamides is 1. The minimum Gasteiger partial charge on any atom is -0.342 e. The number of carbonyl (C=O) groups excluding carboxylic acids is 1. The first kappa shape index (κ1) is 20.3. The van der Waals surface area contributed by atoms with Crippen molar-refractivity contribution in [2.24, 2.45) is 11.7 Å². The Morgan fingerprint density at radius 3 is 2.48 bits per heavy atom. The number of amides is 1. The van der Waals surface area contributed by atoms with E-state index < -0.39 is 10.0 Å². The Hall–Kier alpha value is -1.44. The summed E-state index contributed by atoms with van der Waals surface area (Å²) in [6.45, 7) is 3.22. The summed E-state index contributed by atoms with van der Waals surface area (Å²) < 4.78 is 28.8. The summed E-state index contributed by atoms with van der Waals surface area (Å²) in [5.41, 5.74) is 8.04. The van der Waals surface area contributed by atoms with E-state index >= 15 is 0 Å². The van der Waals surface area contributed by atoms with Gasteiger partial charge in [0, 0.05) is 32.6 Å².